The zero-order valence-electron chi connectivity index (χ0n) is 10.0. The van der Waals surface area contributed by atoms with Crippen LogP contribution >= 0.6 is 11.6 Å². The van der Waals surface area contributed by atoms with Gasteiger partial charge in [0.25, 0.3) is 0 Å². The van der Waals surface area contributed by atoms with Crippen molar-refractivity contribution in [3.8, 4) is 0 Å². The quantitative estimate of drug-likeness (QED) is 0.911. The zero-order chi connectivity index (χ0) is 12.6. The third-order valence-electron chi connectivity index (χ3n) is 2.66. The Bertz CT molecular complexity index is 498. The molecule has 0 bridgehead atoms. The number of hydrogen-bond acceptors (Lipinski definition) is 3. The lowest BCUT2D eigenvalue weighted by Crippen LogP contribution is -2.07. The standard InChI is InChI=1S/C11H15ClN4O/c1-7(2)16-6-8(4-14-16)11(17)10-9(12)5-13-15(10)3/h4-7,11,17H,1-3H3. The first-order chi connectivity index (χ1) is 8.00. The third kappa shape index (κ3) is 2.21. The highest BCUT2D eigenvalue weighted by Crippen LogP contribution is 2.27. The van der Waals surface area contributed by atoms with Crippen LogP contribution in [0.2, 0.25) is 5.02 Å². The molecule has 0 saturated carbocycles. The molecule has 2 aromatic heterocycles. The molecule has 0 fully saturated rings. The van der Waals surface area contributed by atoms with Gasteiger partial charge in [-0.15, -0.1) is 0 Å². The van der Waals surface area contributed by atoms with Crippen LogP contribution in [0.15, 0.2) is 18.6 Å². The third-order valence-corrected chi connectivity index (χ3v) is 2.95. The molecule has 2 aromatic rings. The van der Waals surface area contributed by atoms with Crippen LogP contribution in [-0.2, 0) is 7.05 Å². The summed E-state index contributed by atoms with van der Waals surface area (Å²) in [5.74, 6) is 0. The van der Waals surface area contributed by atoms with Gasteiger partial charge in [-0.25, -0.2) is 0 Å². The number of nitrogens with zero attached hydrogens (tertiary/aromatic N) is 4. The Kier molecular flexibility index (Phi) is 3.22. The lowest BCUT2D eigenvalue weighted by Gasteiger charge is -2.10. The fraction of sp³-hybridized carbons (Fsp3) is 0.455. The van der Waals surface area contributed by atoms with Crippen molar-refractivity contribution >= 4 is 11.6 Å². The molecule has 1 unspecified atom stereocenters. The maximum Gasteiger partial charge on any atom is 0.125 e. The molecule has 2 heterocycles. The van der Waals surface area contributed by atoms with Gasteiger partial charge < -0.3 is 5.11 Å². The Morgan fingerprint density at radius 2 is 2.00 bits per heavy atom. The van der Waals surface area contributed by atoms with E-state index in [1.54, 1.807) is 22.6 Å². The number of aliphatic hydroxyl groups excluding tert-OH is 1. The van der Waals surface area contributed by atoms with E-state index in [-0.39, 0.29) is 6.04 Å². The van der Waals surface area contributed by atoms with Crippen molar-refractivity contribution < 1.29 is 5.11 Å². The number of aliphatic hydroxyl groups is 1. The largest absolute Gasteiger partial charge is 0.382 e. The van der Waals surface area contributed by atoms with Gasteiger partial charge in [-0.05, 0) is 13.8 Å². The van der Waals surface area contributed by atoms with Gasteiger partial charge >= 0.3 is 0 Å². The van der Waals surface area contributed by atoms with E-state index in [0.717, 1.165) is 0 Å². The van der Waals surface area contributed by atoms with Crippen LogP contribution < -0.4 is 0 Å². The lowest BCUT2D eigenvalue weighted by atomic mass is 10.1. The van der Waals surface area contributed by atoms with Crippen LogP contribution in [-0.4, -0.2) is 24.7 Å². The molecule has 17 heavy (non-hydrogen) atoms. The summed E-state index contributed by atoms with van der Waals surface area (Å²) in [5.41, 5.74) is 1.29. The van der Waals surface area contributed by atoms with Crippen molar-refractivity contribution in [1.82, 2.24) is 19.6 Å². The number of hydrogen-bond donors (Lipinski definition) is 1. The first-order valence-corrected chi connectivity index (χ1v) is 5.78. The highest BCUT2D eigenvalue weighted by molar-refractivity contribution is 6.31. The van der Waals surface area contributed by atoms with Crippen molar-refractivity contribution in [2.75, 3.05) is 0 Å². The first kappa shape index (κ1) is 12.1. The second kappa shape index (κ2) is 4.50. The van der Waals surface area contributed by atoms with Crippen molar-refractivity contribution in [2.45, 2.75) is 26.0 Å². The van der Waals surface area contributed by atoms with Gasteiger partial charge in [-0.2, -0.15) is 10.2 Å². The first-order valence-electron chi connectivity index (χ1n) is 5.40. The molecule has 0 aliphatic carbocycles. The number of halogens is 1. The minimum absolute atomic E-state index is 0.262. The summed E-state index contributed by atoms with van der Waals surface area (Å²) in [6.45, 7) is 4.06. The molecule has 92 valence electrons. The summed E-state index contributed by atoms with van der Waals surface area (Å²) in [5, 5.41) is 18.9. The molecule has 1 N–H and O–H groups in total. The average Bonchev–Trinajstić information content (AvgIpc) is 2.85. The second-order valence-electron chi connectivity index (χ2n) is 4.25. The van der Waals surface area contributed by atoms with Crippen LogP contribution in [0.1, 0.15) is 37.3 Å². The summed E-state index contributed by atoms with van der Waals surface area (Å²) in [7, 11) is 1.75. The molecule has 2 rings (SSSR count). The van der Waals surface area contributed by atoms with Crippen LogP contribution in [0.25, 0.3) is 0 Å². The molecule has 0 aliphatic heterocycles. The predicted octanol–water partition coefficient (Wildman–Crippen LogP) is 1.93. The fourth-order valence-electron chi connectivity index (χ4n) is 1.66. The van der Waals surface area contributed by atoms with Crippen LogP contribution in [0.3, 0.4) is 0 Å². The average molecular weight is 255 g/mol. The molecular formula is C11H15ClN4O. The van der Waals surface area contributed by atoms with E-state index in [9.17, 15) is 5.11 Å². The van der Waals surface area contributed by atoms with E-state index in [2.05, 4.69) is 10.2 Å². The normalized spacial score (nSPS) is 13.3. The summed E-state index contributed by atoms with van der Waals surface area (Å²) < 4.78 is 3.36. The van der Waals surface area contributed by atoms with Crippen molar-refractivity contribution in [3.63, 3.8) is 0 Å². The van der Waals surface area contributed by atoms with E-state index in [4.69, 9.17) is 11.6 Å². The Labute approximate surface area is 105 Å². The zero-order valence-corrected chi connectivity index (χ0v) is 10.8. The Morgan fingerprint density at radius 3 is 2.47 bits per heavy atom. The maximum atomic E-state index is 10.2. The van der Waals surface area contributed by atoms with Crippen molar-refractivity contribution in [2.24, 2.45) is 7.05 Å². The van der Waals surface area contributed by atoms with Crippen LogP contribution in [0, 0.1) is 0 Å². The topological polar surface area (TPSA) is 55.9 Å². The van der Waals surface area contributed by atoms with E-state index in [0.29, 0.717) is 16.3 Å². The highest BCUT2D eigenvalue weighted by atomic mass is 35.5. The molecule has 0 aliphatic rings. The monoisotopic (exact) mass is 254 g/mol. The predicted molar refractivity (Wildman–Crippen MR) is 64.9 cm³/mol. The van der Waals surface area contributed by atoms with E-state index < -0.39 is 6.10 Å². The minimum Gasteiger partial charge on any atom is -0.382 e. The second-order valence-corrected chi connectivity index (χ2v) is 4.66. The molecule has 1 atom stereocenters. The van der Waals surface area contributed by atoms with Crippen LogP contribution in [0.5, 0.6) is 0 Å². The van der Waals surface area contributed by atoms with Gasteiger partial charge in [0, 0.05) is 24.8 Å². The smallest absolute Gasteiger partial charge is 0.125 e. The van der Waals surface area contributed by atoms with Gasteiger partial charge in [0.05, 0.1) is 23.1 Å². The molecule has 0 aromatic carbocycles. The molecule has 0 amide bonds. The molecular weight excluding hydrogens is 240 g/mol. The van der Waals surface area contributed by atoms with E-state index >= 15 is 0 Å². The Hall–Kier alpha value is -1.33. The van der Waals surface area contributed by atoms with Crippen molar-refractivity contribution in [3.05, 3.63) is 34.9 Å². The van der Waals surface area contributed by atoms with Gasteiger partial charge in [-0.3, -0.25) is 9.36 Å². The summed E-state index contributed by atoms with van der Waals surface area (Å²) in [4.78, 5) is 0. The molecule has 0 radical (unpaired) electrons. The molecule has 6 heteroatoms. The SMILES string of the molecule is CC(C)n1cc(C(O)c2c(Cl)cnn2C)cn1. The Morgan fingerprint density at radius 1 is 1.29 bits per heavy atom. The summed E-state index contributed by atoms with van der Waals surface area (Å²) in [6.07, 6.45) is 4.18. The fourth-order valence-corrected chi connectivity index (χ4v) is 1.93. The van der Waals surface area contributed by atoms with Crippen LogP contribution in [0.4, 0.5) is 0 Å². The minimum atomic E-state index is -0.803. The van der Waals surface area contributed by atoms with E-state index in [1.807, 2.05) is 20.0 Å². The van der Waals surface area contributed by atoms with Gasteiger partial charge in [0.1, 0.15) is 6.10 Å². The van der Waals surface area contributed by atoms with Gasteiger partial charge in [-0.1, -0.05) is 11.6 Å². The number of aryl methyl sites for hydroxylation is 1. The van der Waals surface area contributed by atoms with Gasteiger partial charge in [0.2, 0.25) is 0 Å². The summed E-state index contributed by atoms with van der Waals surface area (Å²) in [6, 6.07) is 0.262. The molecule has 0 spiro atoms. The molecule has 5 nitrogen and oxygen atoms in total. The Balaban J connectivity index is 2.33. The lowest BCUT2D eigenvalue weighted by molar-refractivity contribution is 0.209. The maximum absolute atomic E-state index is 10.2. The molecule has 0 saturated heterocycles. The van der Waals surface area contributed by atoms with Crippen molar-refractivity contribution in [1.29, 1.82) is 0 Å². The number of aromatic nitrogens is 4. The summed E-state index contributed by atoms with van der Waals surface area (Å²) >= 11 is 5.99. The highest BCUT2D eigenvalue weighted by Gasteiger charge is 2.20. The van der Waals surface area contributed by atoms with E-state index in [1.165, 1.54) is 6.20 Å². The van der Waals surface area contributed by atoms with Gasteiger partial charge in [0.15, 0.2) is 0 Å². The number of rotatable bonds is 3.